The highest BCUT2D eigenvalue weighted by molar-refractivity contribution is 7.91. The number of sulfone groups is 1. The third-order valence-corrected chi connectivity index (χ3v) is 5.01. The fourth-order valence-electron chi connectivity index (χ4n) is 2.19. The fourth-order valence-corrected chi connectivity index (χ4v) is 3.39. The van der Waals surface area contributed by atoms with Crippen molar-refractivity contribution in [3.8, 4) is 0 Å². The van der Waals surface area contributed by atoms with Gasteiger partial charge >= 0.3 is 6.03 Å². The van der Waals surface area contributed by atoms with Crippen molar-refractivity contribution in [1.29, 1.82) is 0 Å². The van der Waals surface area contributed by atoms with Crippen LogP contribution in [0.1, 0.15) is 12.5 Å². The first kappa shape index (κ1) is 14.8. The van der Waals surface area contributed by atoms with Gasteiger partial charge in [-0.3, -0.25) is 4.68 Å². The number of hydrogen-bond donors (Lipinski definition) is 0. The van der Waals surface area contributed by atoms with E-state index in [2.05, 4.69) is 5.10 Å². The van der Waals surface area contributed by atoms with Crippen molar-refractivity contribution in [2.75, 3.05) is 31.1 Å². The Kier molecular flexibility index (Phi) is 4.32. The molecule has 0 radical (unpaired) electrons. The highest BCUT2D eigenvalue weighted by Crippen LogP contribution is 2.10. The van der Waals surface area contributed by atoms with Crippen LogP contribution in [-0.2, 0) is 23.4 Å². The number of aromatic nitrogens is 2. The molecule has 1 aromatic rings. The van der Waals surface area contributed by atoms with Gasteiger partial charge in [0.15, 0.2) is 9.84 Å². The number of hydrogen-bond acceptors (Lipinski definition) is 4. The van der Waals surface area contributed by atoms with Gasteiger partial charge < -0.3 is 9.80 Å². The lowest BCUT2D eigenvalue weighted by Crippen LogP contribution is -2.49. The molecule has 1 saturated heterocycles. The zero-order valence-electron chi connectivity index (χ0n) is 11.8. The van der Waals surface area contributed by atoms with Crippen LogP contribution in [0.5, 0.6) is 0 Å². The van der Waals surface area contributed by atoms with E-state index >= 15 is 0 Å². The van der Waals surface area contributed by atoms with E-state index < -0.39 is 9.84 Å². The molecule has 7 nitrogen and oxygen atoms in total. The van der Waals surface area contributed by atoms with Gasteiger partial charge in [-0.2, -0.15) is 5.10 Å². The Balaban J connectivity index is 1.99. The van der Waals surface area contributed by atoms with E-state index in [1.54, 1.807) is 20.7 Å². The van der Waals surface area contributed by atoms with Crippen LogP contribution in [0.2, 0.25) is 0 Å². The van der Waals surface area contributed by atoms with Gasteiger partial charge in [0.2, 0.25) is 0 Å². The number of nitrogens with zero attached hydrogens (tertiary/aromatic N) is 4. The van der Waals surface area contributed by atoms with E-state index in [1.807, 2.05) is 20.2 Å². The molecule has 0 aliphatic carbocycles. The van der Waals surface area contributed by atoms with Gasteiger partial charge in [-0.15, -0.1) is 0 Å². The Morgan fingerprint density at radius 3 is 2.55 bits per heavy atom. The van der Waals surface area contributed by atoms with Gasteiger partial charge in [0.1, 0.15) is 0 Å². The van der Waals surface area contributed by atoms with E-state index in [4.69, 9.17) is 0 Å². The number of urea groups is 1. The van der Waals surface area contributed by atoms with Crippen molar-refractivity contribution in [3.63, 3.8) is 0 Å². The molecule has 2 amide bonds. The SMILES string of the molecule is CCN(Cc1cnn(C)c1)C(=O)N1CCS(=O)(=O)CC1. The van der Waals surface area contributed by atoms with Crippen LogP contribution in [-0.4, -0.2) is 65.2 Å². The molecule has 0 atom stereocenters. The molecule has 2 rings (SSSR count). The third-order valence-electron chi connectivity index (χ3n) is 3.40. The molecule has 0 bridgehead atoms. The van der Waals surface area contributed by atoms with Gasteiger partial charge in [-0.05, 0) is 6.92 Å². The molecule has 0 N–H and O–H groups in total. The van der Waals surface area contributed by atoms with Crippen LogP contribution in [0.15, 0.2) is 12.4 Å². The molecule has 8 heteroatoms. The Bertz CT molecular complexity index is 567. The van der Waals surface area contributed by atoms with Crippen molar-refractivity contribution in [3.05, 3.63) is 18.0 Å². The minimum atomic E-state index is -2.96. The van der Waals surface area contributed by atoms with Crippen molar-refractivity contribution in [2.24, 2.45) is 7.05 Å². The smallest absolute Gasteiger partial charge is 0.320 e. The second-order valence-corrected chi connectivity index (χ2v) is 7.26. The van der Waals surface area contributed by atoms with Gasteiger partial charge in [0.25, 0.3) is 0 Å². The lowest BCUT2D eigenvalue weighted by atomic mass is 10.3. The zero-order chi connectivity index (χ0) is 14.8. The first-order chi connectivity index (χ1) is 9.41. The molecule has 0 unspecified atom stereocenters. The summed E-state index contributed by atoms with van der Waals surface area (Å²) in [5.41, 5.74) is 0.965. The lowest BCUT2D eigenvalue weighted by molar-refractivity contribution is 0.156. The molecule has 1 fully saturated rings. The summed E-state index contributed by atoms with van der Waals surface area (Å²) < 4.78 is 24.5. The molecule has 20 heavy (non-hydrogen) atoms. The van der Waals surface area contributed by atoms with Crippen LogP contribution in [0, 0.1) is 0 Å². The molecular formula is C12H20N4O3S. The standard InChI is InChI=1S/C12H20N4O3S/c1-3-15(10-11-8-13-14(2)9-11)12(17)16-4-6-20(18,19)7-5-16/h8-9H,3-7,10H2,1-2H3. The van der Waals surface area contributed by atoms with Gasteiger partial charge in [-0.25, -0.2) is 13.2 Å². The third kappa shape index (κ3) is 3.50. The van der Waals surface area contributed by atoms with Crippen molar-refractivity contribution in [2.45, 2.75) is 13.5 Å². The Labute approximate surface area is 119 Å². The molecular weight excluding hydrogens is 280 g/mol. The summed E-state index contributed by atoms with van der Waals surface area (Å²) >= 11 is 0. The van der Waals surface area contributed by atoms with E-state index in [-0.39, 0.29) is 30.6 Å². The molecule has 0 saturated carbocycles. The monoisotopic (exact) mass is 300 g/mol. The van der Waals surface area contributed by atoms with E-state index in [9.17, 15) is 13.2 Å². The fraction of sp³-hybridized carbons (Fsp3) is 0.667. The van der Waals surface area contributed by atoms with E-state index in [1.165, 1.54) is 0 Å². The minimum Gasteiger partial charge on any atom is -0.323 e. The van der Waals surface area contributed by atoms with E-state index in [0.717, 1.165) is 5.56 Å². The summed E-state index contributed by atoms with van der Waals surface area (Å²) in [6, 6.07) is -0.105. The van der Waals surface area contributed by atoms with Gasteiger partial charge in [-0.1, -0.05) is 0 Å². The predicted octanol–water partition coefficient (Wildman–Crippen LogP) is 0.0924. The molecule has 112 valence electrons. The van der Waals surface area contributed by atoms with E-state index in [0.29, 0.717) is 13.1 Å². The second kappa shape index (κ2) is 5.82. The molecule has 0 aromatic carbocycles. The molecule has 1 aliphatic rings. The highest BCUT2D eigenvalue weighted by atomic mass is 32.2. The first-order valence-electron chi connectivity index (χ1n) is 6.63. The maximum Gasteiger partial charge on any atom is 0.320 e. The van der Waals surface area contributed by atoms with Gasteiger partial charge in [0, 0.05) is 38.4 Å². The zero-order valence-corrected chi connectivity index (χ0v) is 12.6. The van der Waals surface area contributed by atoms with Crippen molar-refractivity contribution >= 4 is 15.9 Å². The number of aryl methyl sites for hydroxylation is 1. The van der Waals surface area contributed by atoms with Crippen LogP contribution in [0.4, 0.5) is 4.79 Å². The predicted molar refractivity (Wildman–Crippen MR) is 74.9 cm³/mol. The summed E-state index contributed by atoms with van der Waals surface area (Å²) in [7, 11) is -1.13. The maximum absolute atomic E-state index is 12.4. The normalized spacial score (nSPS) is 18.0. The topological polar surface area (TPSA) is 75.5 Å². The molecule has 1 aromatic heterocycles. The number of amides is 2. The summed E-state index contributed by atoms with van der Waals surface area (Å²) in [6.45, 7) is 3.55. The average Bonchev–Trinajstić information content (AvgIpc) is 2.81. The summed E-state index contributed by atoms with van der Waals surface area (Å²) in [5, 5.41) is 4.08. The van der Waals surface area contributed by atoms with Crippen molar-refractivity contribution in [1.82, 2.24) is 19.6 Å². The van der Waals surface area contributed by atoms with Gasteiger partial charge in [0.05, 0.1) is 24.2 Å². The number of rotatable bonds is 3. The average molecular weight is 300 g/mol. The second-order valence-electron chi connectivity index (χ2n) is 4.96. The maximum atomic E-state index is 12.4. The highest BCUT2D eigenvalue weighted by Gasteiger charge is 2.27. The van der Waals surface area contributed by atoms with Crippen LogP contribution < -0.4 is 0 Å². The largest absolute Gasteiger partial charge is 0.323 e. The van der Waals surface area contributed by atoms with Crippen LogP contribution in [0.3, 0.4) is 0 Å². The number of carbonyl (C=O) groups is 1. The minimum absolute atomic E-state index is 0.0587. The lowest BCUT2D eigenvalue weighted by Gasteiger charge is -2.32. The summed E-state index contributed by atoms with van der Waals surface area (Å²) in [6.07, 6.45) is 3.60. The van der Waals surface area contributed by atoms with Crippen LogP contribution >= 0.6 is 0 Å². The quantitative estimate of drug-likeness (QED) is 0.793. The van der Waals surface area contributed by atoms with Crippen molar-refractivity contribution < 1.29 is 13.2 Å². The number of carbonyl (C=O) groups excluding carboxylic acids is 1. The Morgan fingerprint density at radius 1 is 1.40 bits per heavy atom. The molecule has 1 aliphatic heterocycles. The molecule has 2 heterocycles. The summed E-state index contributed by atoms with van der Waals surface area (Å²) in [4.78, 5) is 15.7. The molecule has 0 spiro atoms. The summed E-state index contributed by atoms with van der Waals surface area (Å²) in [5.74, 6) is 0.117. The first-order valence-corrected chi connectivity index (χ1v) is 8.45. The van der Waals surface area contributed by atoms with Crippen LogP contribution in [0.25, 0.3) is 0 Å². The Hall–Kier alpha value is -1.57. The Morgan fingerprint density at radius 2 is 2.05 bits per heavy atom.